The average Bonchev–Trinajstić information content (AvgIpc) is 3.21. The van der Waals surface area contributed by atoms with E-state index in [1.165, 1.54) is 21.8 Å². The molecule has 5 nitrogen and oxygen atoms in total. The Bertz CT molecular complexity index is 1490. The van der Waals surface area contributed by atoms with Crippen LogP contribution >= 0.6 is 0 Å². The Hall–Kier alpha value is -4.38. The molecule has 0 aliphatic rings. The Balaban J connectivity index is 1.26. The maximum Gasteiger partial charge on any atom is 0.277 e. The molecule has 4 aromatic carbocycles. The van der Waals surface area contributed by atoms with E-state index in [-0.39, 0.29) is 12.5 Å². The van der Waals surface area contributed by atoms with Gasteiger partial charge in [-0.3, -0.25) is 4.79 Å². The van der Waals surface area contributed by atoms with Gasteiger partial charge in [0.05, 0.1) is 6.21 Å². The van der Waals surface area contributed by atoms with E-state index in [1.54, 1.807) is 6.21 Å². The Morgan fingerprint density at radius 1 is 0.882 bits per heavy atom. The molecule has 1 heterocycles. The van der Waals surface area contributed by atoms with Gasteiger partial charge < -0.3 is 9.30 Å². The van der Waals surface area contributed by atoms with Crippen LogP contribution in [0.5, 0.6) is 5.75 Å². The summed E-state index contributed by atoms with van der Waals surface area (Å²) in [5, 5.41) is 6.52. The number of nitrogens with zero attached hydrogens (tertiary/aromatic N) is 2. The summed E-state index contributed by atoms with van der Waals surface area (Å²) in [5.41, 5.74) is 7.87. The second-order valence-corrected chi connectivity index (χ2v) is 7.98. The molecule has 1 N–H and O–H groups in total. The molecule has 168 valence electrons. The molecule has 1 amide bonds. The highest BCUT2D eigenvalue weighted by Crippen LogP contribution is 2.30. The lowest BCUT2D eigenvalue weighted by Crippen LogP contribution is -2.24. The minimum atomic E-state index is -0.317. The number of hydrazone groups is 1. The van der Waals surface area contributed by atoms with E-state index >= 15 is 0 Å². The number of carbonyl (C=O) groups is 1. The largest absolute Gasteiger partial charge is 0.483 e. The van der Waals surface area contributed by atoms with Gasteiger partial charge in [0, 0.05) is 33.9 Å². The maximum absolute atomic E-state index is 12.3. The highest BCUT2D eigenvalue weighted by molar-refractivity contribution is 6.09. The molecule has 0 bridgehead atoms. The second-order valence-electron chi connectivity index (χ2n) is 7.98. The lowest BCUT2D eigenvalue weighted by Gasteiger charge is -2.10. The van der Waals surface area contributed by atoms with Gasteiger partial charge in [-0.05, 0) is 42.3 Å². The zero-order valence-corrected chi connectivity index (χ0v) is 18.9. The van der Waals surface area contributed by atoms with Gasteiger partial charge in [-0.1, -0.05) is 72.8 Å². The van der Waals surface area contributed by atoms with Crippen molar-refractivity contribution in [1.29, 1.82) is 0 Å². The number of rotatable bonds is 7. The first-order valence-electron chi connectivity index (χ1n) is 11.3. The van der Waals surface area contributed by atoms with Crippen molar-refractivity contribution >= 4 is 33.9 Å². The molecule has 0 saturated heterocycles. The van der Waals surface area contributed by atoms with Gasteiger partial charge in [-0.2, -0.15) is 5.10 Å². The van der Waals surface area contributed by atoms with Crippen molar-refractivity contribution in [2.75, 3.05) is 6.61 Å². The summed E-state index contributed by atoms with van der Waals surface area (Å²) in [5.74, 6) is 0.341. The molecule has 0 unspecified atom stereocenters. The van der Waals surface area contributed by atoms with Crippen LogP contribution in [0.1, 0.15) is 12.5 Å². The standard InChI is InChI=1S/C29H25N3O2/c1-2-32-26-14-8-6-13-24(26)25-18-21(16-17-27(25)32)19-30-31-29(33)20-34-28-15-9-7-12-23(28)22-10-4-3-5-11-22/h3-19H,2,20H2,1H3,(H,31,33)/b30-19-. The van der Waals surface area contributed by atoms with Gasteiger partial charge in [-0.15, -0.1) is 0 Å². The Morgan fingerprint density at radius 3 is 2.47 bits per heavy atom. The number of hydrogen-bond donors (Lipinski definition) is 1. The average molecular weight is 448 g/mol. The van der Waals surface area contributed by atoms with Gasteiger partial charge >= 0.3 is 0 Å². The van der Waals surface area contributed by atoms with Crippen molar-refractivity contribution in [3.05, 3.63) is 103 Å². The molecular weight excluding hydrogens is 422 g/mol. The van der Waals surface area contributed by atoms with Crippen molar-refractivity contribution in [2.24, 2.45) is 5.10 Å². The van der Waals surface area contributed by atoms with E-state index < -0.39 is 0 Å². The highest BCUT2D eigenvalue weighted by atomic mass is 16.5. The van der Waals surface area contributed by atoms with Crippen LogP contribution < -0.4 is 10.2 Å². The molecule has 5 rings (SSSR count). The number of amides is 1. The van der Waals surface area contributed by atoms with Crippen molar-refractivity contribution in [2.45, 2.75) is 13.5 Å². The Kier molecular flexibility index (Phi) is 6.08. The maximum atomic E-state index is 12.3. The summed E-state index contributed by atoms with van der Waals surface area (Å²) >= 11 is 0. The van der Waals surface area contributed by atoms with E-state index in [1.807, 2.05) is 60.7 Å². The smallest absolute Gasteiger partial charge is 0.277 e. The molecule has 0 saturated carbocycles. The Labute approximate surface area is 198 Å². The zero-order valence-electron chi connectivity index (χ0n) is 18.9. The van der Waals surface area contributed by atoms with Gasteiger partial charge in [-0.25, -0.2) is 5.43 Å². The summed E-state index contributed by atoms with van der Waals surface area (Å²) < 4.78 is 8.09. The fraction of sp³-hybridized carbons (Fsp3) is 0.103. The molecule has 0 spiro atoms. The summed E-state index contributed by atoms with van der Waals surface area (Å²) in [6.07, 6.45) is 1.66. The molecule has 1 aromatic heterocycles. The number of aryl methyl sites for hydroxylation is 1. The van der Waals surface area contributed by atoms with E-state index in [2.05, 4.69) is 58.4 Å². The lowest BCUT2D eigenvalue weighted by molar-refractivity contribution is -0.123. The molecule has 0 atom stereocenters. The number of carbonyl (C=O) groups excluding carboxylic acids is 1. The summed E-state index contributed by atoms with van der Waals surface area (Å²) in [4.78, 5) is 12.3. The van der Waals surface area contributed by atoms with Crippen molar-refractivity contribution in [3.8, 4) is 16.9 Å². The van der Waals surface area contributed by atoms with E-state index in [0.717, 1.165) is 23.2 Å². The van der Waals surface area contributed by atoms with E-state index in [9.17, 15) is 4.79 Å². The molecule has 34 heavy (non-hydrogen) atoms. The Morgan fingerprint density at radius 2 is 1.62 bits per heavy atom. The summed E-state index contributed by atoms with van der Waals surface area (Å²) in [6, 6.07) is 32.2. The van der Waals surface area contributed by atoms with E-state index in [0.29, 0.717) is 5.75 Å². The first-order chi connectivity index (χ1) is 16.7. The fourth-order valence-electron chi connectivity index (χ4n) is 4.30. The quantitative estimate of drug-likeness (QED) is 0.245. The summed E-state index contributed by atoms with van der Waals surface area (Å²) in [7, 11) is 0. The van der Waals surface area contributed by atoms with Gasteiger partial charge in [0.25, 0.3) is 5.91 Å². The topological polar surface area (TPSA) is 55.6 Å². The van der Waals surface area contributed by atoms with Crippen LogP contribution in [0.2, 0.25) is 0 Å². The van der Waals surface area contributed by atoms with Gasteiger partial charge in [0.1, 0.15) is 5.75 Å². The molecule has 5 heteroatoms. The fourth-order valence-corrected chi connectivity index (χ4v) is 4.30. The highest BCUT2D eigenvalue weighted by Gasteiger charge is 2.10. The van der Waals surface area contributed by atoms with Crippen LogP contribution in [-0.4, -0.2) is 23.3 Å². The molecule has 5 aromatic rings. The molecule has 0 fully saturated rings. The summed E-state index contributed by atoms with van der Waals surface area (Å²) in [6.45, 7) is 2.93. The number of benzene rings is 4. The minimum absolute atomic E-state index is 0.121. The van der Waals surface area contributed by atoms with Crippen LogP contribution in [0.4, 0.5) is 0 Å². The predicted octanol–water partition coefficient (Wildman–Crippen LogP) is 6.01. The second kappa shape index (κ2) is 9.63. The third-order valence-corrected chi connectivity index (χ3v) is 5.85. The SMILES string of the molecule is CCn1c2ccccc2c2cc(/C=N\NC(=O)COc3ccccc3-c3ccccc3)ccc21. The third-order valence-electron chi connectivity index (χ3n) is 5.85. The van der Waals surface area contributed by atoms with Crippen molar-refractivity contribution in [3.63, 3.8) is 0 Å². The normalized spacial score (nSPS) is 11.3. The van der Waals surface area contributed by atoms with Crippen LogP contribution in [0, 0.1) is 0 Å². The molecular formula is C29H25N3O2. The van der Waals surface area contributed by atoms with Gasteiger partial charge in [0.15, 0.2) is 6.61 Å². The molecule has 0 aliphatic carbocycles. The number of ether oxygens (including phenoxy) is 1. The van der Waals surface area contributed by atoms with Crippen LogP contribution in [0.15, 0.2) is 102 Å². The first-order valence-corrected chi connectivity index (χ1v) is 11.3. The monoisotopic (exact) mass is 447 g/mol. The zero-order chi connectivity index (χ0) is 23.3. The first kappa shape index (κ1) is 21.5. The number of hydrogen-bond acceptors (Lipinski definition) is 3. The number of para-hydroxylation sites is 2. The van der Waals surface area contributed by atoms with Gasteiger partial charge in [0.2, 0.25) is 0 Å². The predicted molar refractivity (Wildman–Crippen MR) is 138 cm³/mol. The van der Waals surface area contributed by atoms with Crippen LogP contribution in [0.25, 0.3) is 32.9 Å². The third kappa shape index (κ3) is 4.28. The lowest BCUT2D eigenvalue weighted by atomic mass is 10.1. The van der Waals surface area contributed by atoms with Crippen LogP contribution in [0.3, 0.4) is 0 Å². The minimum Gasteiger partial charge on any atom is -0.483 e. The number of fused-ring (bicyclic) bond motifs is 3. The van der Waals surface area contributed by atoms with Crippen LogP contribution in [-0.2, 0) is 11.3 Å². The van der Waals surface area contributed by atoms with Crippen molar-refractivity contribution < 1.29 is 9.53 Å². The number of nitrogens with one attached hydrogen (secondary N) is 1. The molecule has 0 aliphatic heterocycles. The molecule has 0 radical (unpaired) electrons. The van der Waals surface area contributed by atoms with E-state index in [4.69, 9.17) is 4.74 Å². The van der Waals surface area contributed by atoms with Crippen molar-refractivity contribution in [1.82, 2.24) is 9.99 Å². The number of aromatic nitrogens is 1.